The van der Waals surface area contributed by atoms with Crippen LogP contribution in [0.25, 0.3) is 0 Å². The summed E-state index contributed by atoms with van der Waals surface area (Å²) < 4.78 is 13.2. The highest BCUT2D eigenvalue weighted by atomic mass is 19.1. The summed E-state index contributed by atoms with van der Waals surface area (Å²) in [6.45, 7) is 3.45. The zero-order valence-corrected chi connectivity index (χ0v) is 9.46. The molecule has 1 aromatic rings. The van der Waals surface area contributed by atoms with E-state index in [0.29, 0.717) is 0 Å². The molecule has 0 bridgehead atoms. The maximum atomic E-state index is 13.2. The highest BCUT2D eigenvalue weighted by molar-refractivity contribution is 5.97. The van der Waals surface area contributed by atoms with Crippen LogP contribution < -0.4 is 5.32 Å². The lowest BCUT2D eigenvalue weighted by Gasteiger charge is -2.22. The summed E-state index contributed by atoms with van der Waals surface area (Å²) in [6.07, 6.45) is 0. The van der Waals surface area contributed by atoms with Crippen molar-refractivity contribution in [3.63, 3.8) is 0 Å². The first-order chi connectivity index (χ1) is 7.46. The van der Waals surface area contributed by atoms with Crippen LogP contribution in [0.3, 0.4) is 0 Å². The second kappa shape index (κ2) is 5.18. The summed E-state index contributed by atoms with van der Waals surface area (Å²) in [6, 6.07) is 5.86. The van der Waals surface area contributed by atoms with E-state index in [1.54, 1.807) is 19.9 Å². The lowest BCUT2D eigenvalue weighted by Crippen LogP contribution is -2.45. The summed E-state index contributed by atoms with van der Waals surface area (Å²) in [5.41, 5.74) is -0.468. The zero-order valence-electron chi connectivity index (χ0n) is 9.46. The summed E-state index contributed by atoms with van der Waals surface area (Å²) in [5, 5.41) is 11.9. The summed E-state index contributed by atoms with van der Waals surface area (Å²) >= 11 is 0. The van der Waals surface area contributed by atoms with Gasteiger partial charge in [0.05, 0.1) is 18.7 Å². The molecule has 1 rings (SSSR count). The van der Waals surface area contributed by atoms with Crippen molar-refractivity contribution in [2.45, 2.75) is 19.4 Å². The molecule has 4 heteroatoms. The van der Waals surface area contributed by atoms with Gasteiger partial charge in [0.2, 0.25) is 0 Å². The van der Waals surface area contributed by atoms with Crippen molar-refractivity contribution in [2.24, 2.45) is 0 Å². The van der Waals surface area contributed by atoms with Gasteiger partial charge in [0.1, 0.15) is 5.82 Å². The van der Waals surface area contributed by atoms with Crippen LogP contribution in [0.1, 0.15) is 24.2 Å². The van der Waals surface area contributed by atoms with E-state index in [2.05, 4.69) is 5.32 Å². The van der Waals surface area contributed by atoms with E-state index < -0.39 is 11.4 Å². The normalized spacial score (nSPS) is 11.5. The molecule has 0 atom stereocenters. The van der Waals surface area contributed by atoms with Crippen molar-refractivity contribution in [2.75, 3.05) is 13.2 Å². The first kappa shape index (κ1) is 12.8. The summed E-state index contributed by atoms with van der Waals surface area (Å²) in [5.74, 6) is -0.837. The predicted octanol–water partition coefficient (Wildman–Crippen LogP) is 1.37. The lowest BCUT2D eigenvalue weighted by molar-refractivity contribution is 0.0964. The molecule has 0 aliphatic rings. The van der Waals surface area contributed by atoms with Crippen molar-refractivity contribution in [3.8, 4) is 0 Å². The van der Waals surface area contributed by atoms with Crippen molar-refractivity contribution in [3.05, 3.63) is 35.6 Å². The second-order valence-corrected chi connectivity index (χ2v) is 4.30. The molecule has 0 aromatic heterocycles. The van der Waals surface area contributed by atoms with E-state index in [1.165, 1.54) is 18.2 Å². The van der Waals surface area contributed by atoms with Crippen LogP contribution in [0.2, 0.25) is 0 Å². The van der Waals surface area contributed by atoms with Crippen molar-refractivity contribution in [1.82, 2.24) is 5.32 Å². The van der Waals surface area contributed by atoms with E-state index in [4.69, 9.17) is 5.11 Å². The van der Waals surface area contributed by atoms with E-state index in [0.717, 1.165) is 0 Å². The second-order valence-electron chi connectivity index (χ2n) is 4.30. The minimum atomic E-state index is -0.541. The molecule has 0 heterocycles. The standard InChI is InChI=1S/C12H16FNO2/c1-12(2,8-15)14-7-11(16)9-5-3-4-6-10(9)13/h3-6,14-15H,7-8H2,1-2H3. The number of aliphatic hydroxyl groups is 1. The Morgan fingerprint density at radius 2 is 2.06 bits per heavy atom. The summed E-state index contributed by atoms with van der Waals surface area (Å²) in [7, 11) is 0. The number of halogens is 1. The van der Waals surface area contributed by atoms with Crippen LogP contribution in [0.15, 0.2) is 24.3 Å². The van der Waals surface area contributed by atoms with Gasteiger partial charge in [-0.3, -0.25) is 4.79 Å². The Kier molecular flexibility index (Phi) is 4.15. The fourth-order valence-electron chi connectivity index (χ4n) is 1.16. The Labute approximate surface area is 94.3 Å². The van der Waals surface area contributed by atoms with E-state index in [1.807, 2.05) is 0 Å². The van der Waals surface area contributed by atoms with Gasteiger partial charge >= 0.3 is 0 Å². The Morgan fingerprint density at radius 1 is 1.44 bits per heavy atom. The number of hydrogen-bond acceptors (Lipinski definition) is 3. The number of aliphatic hydroxyl groups excluding tert-OH is 1. The third kappa shape index (κ3) is 3.40. The molecular formula is C12H16FNO2. The molecule has 0 aliphatic carbocycles. The van der Waals surface area contributed by atoms with Crippen LogP contribution in [0.5, 0.6) is 0 Å². The van der Waals surface area contributed by atoms with Gasteiger partial charge in [-0.05, 0) is 26.0 Å². The molecule has 16 heavy (non-hydrogen) atoms. The van der Waals surface area contributed by atoms with Crippen molar-refractivity contribution < 1.29 is 14.3 Å². The fourth-order valence-corrected chi connectivity index (χ4v) is 1.16. The van der Waals surface area contributed by atoms with Crippen molar-refractivity contribution >= 4 is 5.78 Å². The van der Waals surface area contributed by atoms with Crippen LogP contribution in [0, 0.1) is 5.82 Å². The first-order valence-electron chi connectivity index (χ1n) is 5.10. The highest BCUT2D eigenvalue weighted by Gasteiger charge is 2.18. The minimum Gasteiger partial charge on any atom is -0.394 e. The molecule has 0 saturated heterocycles. The molecule has 2 N–H and O–H groups in total. The Balaban J connectivity index is 2.64. The number of carbonyl (C=O) groups is 1. The number of benzene rings is 1. The number of nitrogens with one attached hydrogen (secondary N) is 1. The third-order valence-corrected chi connectivity index (χ3v) is 2.30. The van der Waals surface area contributed by atoms with Gasteiger partial charge < -0.3 is 10.4 Å². The number of Topliss-reactive ketones (excluding diaryl/α,β-unsaturated/α-hetero) is 1. The van der Waals surface area contributed by atoms with Crippen LogP contribution in [-0.4, -0.2) is 29.6 Å². The van der Waals surface area contributed by atoms with E-state index >= 15 is 0 Å². The van der Waals surface area contributed by atoms with Crippen LogP contribution in [0.4, 0.5) is 4.39 Å². The maximum absolute atomic E-state index is 13.2. The lowest BCUT2D eigenvalue weighted by atomic mass is 10.1. The molecule has 0 saturated carbocycles. The molecule has 88 valence electrons. The number of carbonyl (C=O) groups excluding carboxylic acids is 1. The van der Waals surface area contributed by atoms with Gasteiger partial charge in [-0.2, -0.15) is 0 Å². The van der Waals surface area contributed by atoms with E-state index in [-0.39, 0.29) is 24.5 Å². The molecule has 3 nitrogen and oxygen atoms in total. The monoisotopic (exact) mass is 225 g/mol. The summed E-state index contributed by atoms with van der Waals surface area (Å²) in [4.78, 5) is 11.6. The molecule has 1 aromatic carbocycles. The topological polar surface area (TPSA) is 49.3 Å². The smallest absolute Gasteiger partial charge is 0.179 e. The average Bonchev–Trinajstić information content (AvgIpc) is 2.27. The predicted molar refractivity (Wildman–Crippen MR) is 59.9 cm³/mol. The van der Waals surface area contributed by atoms with E-state index in [9.17, 15) is 9.18 Å². The molecule has 0 radical (unpaired) electrons. The van der Waals surface area contributed by atoms with Crippen molar-refractivity contribution in [1.29, 1.82) is 0 Å². The molecule has 0 fully saturated rings. The molecule has 0 amide bonds. The number of ketones is 1. The highest BCUT2D eigenvalue weighted by Crippen LogP contribution is 2.07. The SMILES string of the molecule is CC(C)(CO)NCC(=O)c1ccccc1F. The van der Waals surface area contributed by atoms with Gasteiger partial charge in [0, 0.05) is 5.54 Å². The molecule has 0 unspecified atom stereocenters. The van der Waals surface area contributed by atoms with Gasteiger partial charge in [-0.1, -0.05) is 12.1 Å². The van der Waals surface area contributed by atoms with Crippen LogP contribution in [-0.2, 0) is 0 Å². The Bertz CT molecular complexity index is 377. The molecule has 0 aliphatic heterocycles. The quantitative estimate of drug-likeness (QED) is 0.744. The maximum Gasteiger partial charge on any atom is 0.179 e. The molecule has 0 spiro atoms. The van der Waals surface area contributed by atoms with Gasteiger partial charge in [-0.15, -0.1) is 0 Å². The Hall–Kier alpha value is -1.26. The minimum absolute atomic E-state index is 0.00843. The van der Waals surface area contributed by atoms with Gasteiger partial charge in [0.25, 0.3) is 0 Å². The average molecular weight is 225 g/mol. The van der Waals surface area contributed by atoms with Gasteiger partial charge in [-0.25, -0.2) is 4.39 Å². The first-order valence-corrected chi connectivity index (χ1v) is 5.10. The number of rotatable bonds is 5. The number of hydrogen-bond donors (Lipinski definition) is 2. The van der Waals surface area contributed by atoms with Crippen LogP contribution >= 0.6 is 0 Å². The zero-order chi connectivity index (χ0) is 12.2. The fraction of sp³-hybridized carbons (Fsp3) is 0.417. The Morgan fingerprint density at radius 3 is 2.62 bits per heavy atom. The largest absolute Gasteiger partial charge is 0.394 e. The molecular weight excluding hydrogens is 209 g/mol. The third-order valence-electron chi connectivity index (χ3n) is 2.30. The van der Waals surface area contributed by atoms with Gasteiger partial charge in [0.15, 0.2) is 5.78 Å².